The molecule has 0 N–H and O–H groups in total. The van der Waals surface area contributed by atoms with Gasteiger partial charge in [-0.3, -0.25) is 0 Å². The molecule has 0 saturated heterocycles. The van der Waals surface area contributed by atoms with E-state index in [-0.39, 0.29) is 0 Å². The maximum Gasteiger partial charge on any atom is 0.0547 e. The van der Waals surface area contributed by atoms with Gasteiger partial charge in [0.15, 0.2) is 0 Å². The highest BCUT2D eigenvalue weighted by molar-refractivity contribution is 6.18. The number of rotatable bonds is 3. The molecule has 12 rings (SSSR count). The lowest BCUT2D eigenvalue weighted by Crippen LogP contribution is -1.95. The zero-order valence-electron chi connectivity index (χ0n) is 28.2. The molecular weight excluding hydrogens is 629 g/mol. The van der Waals surface area contributed by atoms with Crippen LogP contribution in [0, 0.1) is 0 Å². The highest BCUT2D eigenvalue weighted by atomic mass is 15.0. The van der Waals surface area contributed by atoms with E-state index in [0.29, 0.717) is 0 Å². The number of nitrogens with zero attached hydrogens (tertiary/aromatic N) is 2. The Bertz CT molecular complexity index is 3290. The van der Waals surface area contributed by atoms with Gasteiger partial charge >= 0.3 is 0 Å². The molecule has 0 atom stereocenters. The van der Waals surface area contributed by atoms with Crippen molar-refractivity contribution < 1.29 is 0 Å². The van der Waals surface area contributed by atoms with Crippen molar-refractivity contribution in [2.45, 2.75) is 0 Å². The van der Waals surface area contributed by atoms with Crippen molar-refractivity contribution in [3.8, 4) is 44.8 Å². The normalized spacial score (nSPS) is 12.2. The van der Waals surface area contributed by atoms with Gasteiger partial charge in [-0.25, -0.2) is 0 Å². The second-order valence-electron chi connectivity index (χ2n) is 14.1. The first kappa shape index (κ1) is 27.9. The van der Waals surface area contributed by atoms with Crippen molar-refractivity contribution in [2.24, 2.45) is 0 Å². The minimum absolute atomic E-state index is 1.17. The summed E-state index contributed by atoms with van der Waals surface area (Å²) in [5.74, 6) is 0. The van der Waals surface area contributed by atoms with Gasteiger partial charge in [-0.05, 0) is 122 Å². The van der Waals surface area contributed by atoms with Gasteiger partial charge in [-0.15, -0.1) is 0 Å². The van der Waals surface area contributed by atoms with Crippen LogP contribution in [0.3, 0.4) is 0 Å². The third kappa shape index (κ3) is 3.78. The fraction of sp³-hybridized carbons (Fsp3) is 0. The smallest absolute Gasteiger partial charge is 0.0547 e. The van der Waals surface area contributed by atoms with Gasteiger partial charge in [0.2, 0.25) is 0 Å². The fourth-order valence-corrected chi connectivity index (χ4v) is 9.10. The summed E-state index contributed by atoms with van der Waals surface area (Å²) in [6.07, 6.45) is 0. The maximum absolute atomic E-state index is 2.46. The average Bonchev–Trinajstić information content (AvgIpc) is 3.83. The maximum atomic E-state index is 2.46. The van der Waals surface area contributed by atoms with Gasteiger partial charge < -0.3 is 9.13 Å². The topological polar surface area (TPSA) is 9.86 Å². The molecule has 0 radical (unpaired) electrons. The van der Waals surface area contributed by atoms with E-state index in [1.807, 2.05) is 0 Å². The summed E-state index contributed by atoms with van der Waals surface area (Å²) in [6, 6.07) is 67.3. The molecule has 2 aromatic heterocycles. The van der Waals surface area contributed by atoms with E-state index in [1.165, 1.54) is 110 Å². The van der Waals surface area contributed by atoms with Gasteiger partial charge in [-0.2, -0.15) is 0 Å². The molecule has 2 nitrogen and oxygen atoms in total. The third-order valence-corrected chi connectivity index (χ3v) is 11.4. The van der Waals surface area contributed by atoms with Crippen molar-refractivity contribution in [1.82, 2.24) is 9.13 Å². The van der Waals surface area contributed by atoms with Crippen LogP contribution in [0.5, 0.6) is 0 Å². The van der Waals surface area contributed by atoms with Crippen LogP contribution in [0.2, 0.25) is 0 Å². The van der Waals surface area contributed by atoms with Crippen LogP contribution in [0.1, 0.15) is 0 Å². The average molecular weight is 659 g/mol. The minimum atomic E-state index is 1.17. The molecule has 2 heteroatoms. The van der Waals surface area contributed by atoms with Crippen molar-refractivity contribution in [1.29, 1.82) is 0 Å². The van der Waals surface area contributed by atoms with E-state index >= 15 is 0 Å². The molecule has 0 bridgehead atoms. The van der Waals surface area contributed by atoms with Gasteiger partial charge in [0.05, 0.1) is 22.1 Å². The van der Waals surface area contributed by atoms with E-state index in [9.17, 15) is 0 Å². The molecular formula is C50H30N2. The first-order valence-electron chi connectivity index (χ1n) is 18.0. The molecule has 9 aromatic carbocycles. The molecule has 0 fully saturated rings. The van der Waals surface area contributed by atoms with Crippen LogP contribution >= 0.6 is 0 Å². The molecule has 240 valence electrons. The summed E-state index contributed by atoms with van der Waals surface area (Å²) in [5, 5.41) is 10.2. The molecule has 0 saturated carbocycles. The molecule has 0 spiro atoms. The summed E-state index contributed by atoms with van der Waals surface area (Å²) in [5.41, 5.74) is 15.0. The van der Waals surface area contributed by atoms with E-state index in [0.717, 1.165) is 0 Å². The van der Waals surface area contributed by atoms with Gasteiger partial charge in [0.25, 0.3) is 0 Å². The number of para-hydroxylation sites is 2. The van der Waals surface area contributed by atoms with Crippen LogP contribution in [-0.2, 0) is 0 Å². The molecule has 52 heavy (non-hydrogen) atoms. The van der Waals surface area contributed by atoms with E-state index < -0.39 is 0 Å². The monoisotopic (exact) mass is 658 g/mol. The lowest BCUT2D eigenvalue weighted by molar-refractivity contribution is 1.18. The number of aromatic nitrogens is 2. The van der Waals surface area contributed by atoms with Gasteiger partial charge in [-0.1, -0.05) is 115 Å². The lowest BCUT2D eigenvalue weighted by atomic mass is 10.00. The Kier molecular flexibility index (Phi) is 5.53. The second-order valence-corrected chi connectivity index (χ2v) is 14.1. The number of hydrogen-bond acceptors (Lipinski definition) is 0. The van der Waals surface area contributed by atoms with E-state index in [4.69, 9.17) is 0 Å². The van der Waals surface area contributed by atoms with E-state index in [2.05, 4.69) is 191 Å². The Morgan fingerprint density at radius 1 is 0.269 bits per heavy atom. The lowest BCUT2D eigenvalue weighted by Gasteiger charge is -2.12. The summed E-state index contributed by atoms with van der Waals surface area (Å²) in [6.45, 7) is 0. The molecule has 1 aliphatic rings. The van der Waals surface area contributed by atoms with Crippen molar-refractivity contribution >= 4 is 65.2 Å². The molecule has 11 aromatic rings. The predicted octanol–water partition coefficient (Wildman–Crippen LogP) is 13.5. The van der Waals surface area contributed by atoms with Crippen molar-refractivity contribution in [2.75, 3.05) is 0 Å². The Hall–Kier alpha value is -6.90. The van der Waals surface area contributed by atoms with Crippen molar-refractivity contribution in [3.05, 3.63) is 182 Å². The van der Waals surface area contributed by atoms with Crippen LogP contribution in [0.25, 0.3) is 110 Å². The quantitative estimate of drug-likeness (QED) is 0.179. The summed E-state index contributed by atoms with van der Waals surface area (Å²) >= 11 is 0. The SMILES string of the molecule is c1ccc(-n2c3ccc(-c4ccc5c(c4)c4ccccc4n5-c4cc5c6c(cccc6c4)-c4ccccc4-5)cc3c3cc4ccccc4cc32)cc1. The predicted molar refractivity (Wildman–Crippen MR) is 220 cm³/mol. The minimum Gasteiger partial charge on any atom is -0.309 e. The Morgan fingerprint density at radius 2 is 0.827 bits per heavy atom. The zero-order chi connectivity index (χ0) is 33.9. The summed E-state index contributed by atoms with van der Waals surface area (Å²) < 4.78 is 4.87. The van der Waals surface area contributed by atoms with Crippen LogP contribution in [-0.4, -0.2) is 9.13 Å². The summed E-state index contributed by atoms with van der Waals surface area (Å²) in [4.78, 5) is 0. The number of benzene rings is 9. The second kappa shape index (κ2) is 10.3. The first-order valence-corrected chi connectivity index (χ1v) is 18.0. The van der Waals surface area contributed by atoms with Gasteiger partial charge in [0, 0.05) is 32.9 Å². The standard InChI is InChI=1S/C50H30N2/c1-2-14-36(15-3-1)51-48-24-22-34(28-43(48)44-26-31-11-4-5-12-32(31)29-49(44)51)33-21-23-47-42(27-33)40-18-8-9-20-46(40)52(47)37-25-35-13-10-19-41-38-16-6-7-17-39(38)45(30-37)50(35)41/h1-30H. The van der Waals surface area contributed by atoms with Gasteiger partial charge in [0.1, 0.15) is 0 Å². The van der Waals surface area contributed by atoms with Crippen molar-refractivity contribution in [3.63, 3.8) is 0 Å². The first-order chi connectivity index (χ1) is 25.8. The summed E-state index contributed by atoms with van der Waals surface area (Å²) in [7, 11) is 0. The molecule has 1 aliphatic carbocycles. The Balaban J connectivity index is 1.08. The van der Waals surface area contributed by atoms with E-state index in [1.54, 1.807) is 0 Å². The molecule has 0 unspecified atom stereocenters. The molecule has 0 amide bonds. The molecule has 0 aliphatic heterocycles. The molecule has 2 heterocycles. The Morgan fingerprint density at radius 3 is 1.62 bits per heavy atom. The Labute approximate surface area is 300 Å². The fourth-order valence-electron chi connectivity index (χ4n) is 9.10. The largest absolute Gasteiger partial charge is 0.309 e. The number of hydrogen-bond donors (Lipinski definition) is 0. The zero-order valence-corrected chi connectivity index (χ0v) is 28.2. The highest BCUT2D eigenvalue weighted by Gasteiger charge is 2.23. The third-order valence-electron chi connectivity index (χ3n) is 11.4. The number of fused-ring (bicyclic) bond motifs is 10. The van der Waals surface area contributed by atoms with Crippen LogP contribution in [0.15, 0.2) is 182 Å². The van der Waals surface area contributed by atoms with Crippen LogP contribution in [0.4, 0.5) is 0 Å². The highest BCUT2D eigenvalue weighted by Crippen LogP contribution is 2.48. The van der Waals surface area contributed by atoms with Crippen LogP contribution < -0.4 is 0 Å².